The molecule has 0 saturated carbocycles. The van der Waals surface area contributed by atoms with Crippen molar-refractivity contribution >= 4 is 17.4 Å². The molecule has 0 atom stereocenters. The minimum atomic E-state index is -0.329. The molecule has 0 unspecified atom stereocenters. The van der Waals surface area contributed by atoms with Gasteiger partial charge in [-0.25, -0.2) is 4.39 Å². The van der Waals surface area contributed by atoms with Crippen molar-refractivity contribution in [1.82, 2.24) is 0 Å². The molecule has 0 saturated heterocycles. The van der Waals surface area contributed by atoms with Crippen molar-refractivity contribution in [2.75, 3.05) is 21.3 Å². The van der Waals surface area contributed by atoms with Gasteiger partial charge in [0.15, 0.2) is 17.3 Å². The van der Waals surface area contributed by atoms with Crippen molar-refractivity contribution in [3.8, 4) is 17.2 Å². The molecule has 0 aliphatic carbocycles. The summed E-state index contributed by atoms with van der Waals surface area (Å²) in [5, 5.41) is 0. The predicted molar refractivity (Wildman–Crippen MR) is 91.1 cm³/mol. The standard InChI is InChI=1S/C19H19FO4/c1-12(21)16(9-13-5-7-15(20)8-6-13)14-10-17(22-2)19(24-4)18(11-14)23-3/h5-11H,1-4H3/b16-9-. The molecule has 0 radical (unpaired) electrons. The smallest absolute Gasteiger partial charge is 0.203 e. The van der Waals surface area contributed by atoms with Crippen LogP contribution in [0, 0.1) is 5.82 Å². The maximum atomic E-state index is 13.1. The third-order valence-corrected chi connectivity index (χ3v) is 3.54. The number of rotatable bonds is 6. The van der Waals surface area contributed by atoms with Gasteiger partial charge in [-0.05, 0) is 48.4 Å². The van der Waals surface area contributed by atoms with Gasteiger partial charge in [0.2, 0.25) is 5.75 Å². The van der Waals surface area contributed by atoms with E-state index in [1.54, 1.807) is 30.3 Å². The van der Waals surface area contributed by atoms with Crippen LogP contribution in [0.1, 0.15) is 18.1 Å². The number of halogens is 1. The Labute approximate surface area is 140 Å². The molecule has 0 spiro atoms. The molecule has 4 nitrogen and oxygen atoms in total. The van der Waals surface area contributed by atoms with Gasteiger partial charge in [0.1, 0.15) is 5.82 Å². The van der Waals surface area contributed by atoms with Crippen LogP contribution in [0.4, 0.5) is 4.39 Å². The molecule has 5 heteroatoms. The first kappa shape index (κ1) is 17.5. The lowest BCUT2D eigenvalue weighted by atomic mass is 9.98. The van der Waals surface area contributed by atoms with Gasteiger partial charge in [-0.3, -0.25) is 4.79 Å². The molecule has 126 valence electrons. The van der Waals surface area contributed by atoms with Gasteiger partial charge < -0.3 is 14.2 Å². The Balaban J connectivity index is 2.59. The van der Waals surface area contributed by atoms with Crippen molar-refractivity contribution in [2.24, 2.45) is 0 Å². The zero-order valence-electron chi connectivity index (χ0n) is 14.1. The van der Waals surface area contributed by atoms with Gasteiger partial charge in [-0.2, -0.15) is 0 Å². The second-order valence-corrected chi connectivity index (χ2v) is 5.08. The van der Waals surface area contributed by atoms with Crippen LogP contribution in [0.5, 0.6) is 17.2 Å². The molecule has 0 N–H and O–H groups in total. The summed E-state index contributed by atoms with van der Waals surface area (Å²) in [6, 6.07) is 9.32. The summed E-state index contributed by atoms with van der Waals surface area (Å²) in [4.78, 5) is 12.1. The number of methoxy groups -OCH3 is 3. The molecule has 2 aromatic carbocycles. The first-order chi connectivity index (χ1) is 11.5. The highest BCUT2D eigenvalue weighted by Crippen LogP contribution is 2.40. The molecular weight excluding hydrogens is 311 g/mol. The van der Waals surface area contributed by atoms with E-state index in [1.807, 2.05) is 0 Å². The van der Waals surface area contributed by atoms with E-state index in [2.05, 4.69) is 0 Å². The van der Waals surface area contributed by atoms with Gasteiger partial charge in [-0.15, -0.1) is 0 Å². The monoisotopic (exact) mass is 330 g/mol. The van der Waals surface area contributed by atoms with Gasteiger partial charge in [0.25, 0.3) is 0 Å². The van der Waals surface area contributed by atoms with E-state index in [-0.39, 0.29) is 11.6 Å². The van der Waals surface area contributed by atoms with E-state index < -0.39 is 0 Å². The van der Waals surface area contributed by atoms with Gasteiger partial charge in [0.05, 0.1) is 21.3 Å². The van der Waals surface area contributed by atoms with Crippen LogP contribution in [0.2, 0.25) is 0 Å². The number of ether oxygens (including phenoxy) is 3. The third-order valence-electron chi connectivity index (χ3n) is 3.54. The average molecular weight is 330 g/mol. The molecule has 0 aromatic heterocycles. The summed E-state index contributed by atoms with van der Waals surface area (Å²) in [7, 11) is 4.54. The number of Topliss-reactive ketones (excluding diaryl/α,β-unsaturated/α-hetero) is 1. The van der Waals surface area contributed by atoms with Crippen molar-refractivity contribution in [3.63, 3.8) is 0 Å². The lowest BCUT2D eigenvalue weighted by Crippen LogP contribution is -2.00. The zero-order valence-corrected chi connectivity index (χ0v) is 14.1. The van der Waals surface area contributed by atoms with Crippen LogP contribution >= 0.6 is 0 Å². The van der Waals surface area contributed by atoms with Crippen molar-refractivity contribution < 1.29 is 23.4 Å². The predicted octanol–water partition coefficient (Wildman–Crippen LogP) is 3.98. The summed E-state index contributed by atoms with van der Waals surface area (Å²) in [6.07, 6.45) is 1.70. The van der Waals surface area contributed by atoms with Crippen molar-refractivity contribution in [1.29, 1.82) is 0 Å². The summed E-state index contributed by atoms with van der Waals surface area (Å²) >= 11 is 0. The normalized spacial score (nSPS) is 11.1. The summed E-state index contributed by atoms with van der Waals surface area (Å²) < 4.78 is 29.0. The fourth-order valence-electron chi connectivity index (χ4n) is 2.35. The van der Waals surface area contributed by atoms with Crippen LogP contribution in [0.15, 0.2) is 36.4 Å². The highest BCUT2D eigenvalue weighted by molar-refractivity contribution is 6.24. The van der Waals surface area contributed by atoms with E-state index >= 15 is 0 Å². The number of carbonyl (C=O) groups excluding carboxylic acids is 1. The molecular formula is C19H19FO4. The van der Waals surface area contributed by atoms with Crippen LogP contribution in [0.25, 0.3) is 11.6 Å². The van der Waals surface area contributed by atoms with Crippen LogP contribution in [-0.4, -0.2) is 27.1 Å². The van der Waals surface area contributed by atoms with E-state index in [0.717, 1.165) is 5.56 Å². The van der Waals surface area contributed by atoms with Gasteiger partial charge in [-0.1, -0.05) is 12.1 Å². The lowest BCUT2D eigenvalue weighted by Gasteiger charge is -2.15. The van der Waals surface area contributed by atoms with Gasteiger partial charge in [0, 0.05) is 5.57 Å². The third kappa shape index (κ3) is 3.74. The molecule has 0 aliphatic heterocycles. The molecule has 0 heterocycles. The number of allylic oxidation sites excluding steroid dienone is 1. The number of hydrogen-bond donors (Lipinski definition) is 0. The van der Waals surface area contributed by atoms with Crippen molar-refractivity contribution in [3.05, 3.63) is 53.3 Å². The Kier molecular flexibility index (Phi) is 5.58. The summed E-state index contributed by atoms with van der Waals surface area (Å²) in [5.41, 5.74) is 1.80. The minimum Gasteiger partial charge on any atom is -0.493 e. The highest BCUT2D eigenvalue weighted by atomic mass is 19.1. The molecule has 0 amide bonds. The highest BCUT2D eigenvalue weighted by Gasteiger charge is 2.17. The Morgan fingerprint density at radius 3 is 1.92 bits per heavy atom. The number of carbonyl (C=O) groups is 1. The second-order valence-electron chi connectivity index (χ2n) is 5.08. The first-order valence-corrected chi connectivity index (χ1v) is 7.28. The fourth-order valence-corrected chi connectivity index (χ4v) is 2.35. The van der Waals surface area contributed by atoms with E-state index in [9.17, 15) is 9.18 Å². The molecule has 0 fully saturated rings. The number of benzene rings is 2. The maximum Gasteiger partial charge on any atom is 0.203 e. The first-order valence-electron chi connectivity index (χ1n) is 7.28. The van der Waals surface area contributed by atoms with E-state index in [0.29, 0.717) is 28.4 Å². The Morgan fingerprint density at radius 2 is 1.50 bits per heavy atom. The SMILES string of the molecule is COc1cc(/C(=C\c2ccc(F)cc2)C(C)=O)cc(OC)c1OC. The number of hydrogen-bond acceptors (Lipinski definition) is 4. The van der Waals surface area contributed by atoms with Crippen LogP contribution < -0.4 is 14.2 Å². The van der Waals surface area contributed by atoms with Crippen LogP contribution in [-0.2, 0) is 4.79 Å². The largest absolute Gasteiger partial charge is 0.493 e. The Hall–Kier alpha value is -2.82. The maximum absolute atomic E-state index is 13.1. The minimum absolute atomic E-state index is 0.131. The topological polar surface area (TPSA) is 44.8 Å². The van der Waals surface area contributed by atoms with Crippen molar-refractivity contribution in [2.45, 2.75) is 6.92 Å². The quantitative estimate of drug-likeness (QED) is 0.594. The molecule has 24 heavy (non-hydrogen) atoms. The van der Waals surface area contributed by atoms with E-state index in [1.165, 1.54) is 40.4 Å². The second kappa shape index (κ2) is 7.64. The molecule has 0 bridgehead atoms. The molecule has 0 aliphatic rings. The Morgan fingerprint density at radius 1 is 0.958 bits per heavy atom. The van der Waals surface area contributed by atoms with E-state index in [4.69, 9.17) is 14.2 Å². The van der Waals surface area contributed by atoms with Gasteiger partial charge >= 0.3 is 0 Å². The molecule has 2 aromatic rings. The zero-order chi connectivity index (χ0) is 17.7. The number of ketones is 1. The lowest BCUT2D eigenvalue weighted by molar-refractivity contribution is -0.111. The fraction of sp³-hybridized carbons (Fsp3) is 0.211. The summed E-state index contributed by atoms with van der Waals surface area (Å²) in [5.74, 6) is 0.905. The average Bonchev–Trinajstić information content (AvgIpc) is 2.59. The summed E-state index contributed by atoms with van der Waals surface area (Å²) in [6.45, 7) is 1.47. The molecule has 2 rings (SSSR count). The Bertz CT molecular complexity index is 738. The van der Waals surface area contributed by atoms with Crippen LogP contribution in [0.3, 0.4) is 0 Å².